The van der Waals surface area contributed by atoms with Gasteiger partial charge in [0.05, 0.1) is 0 Å². The fourth-order valence-electron chi connectivity index (χ4n) is 1.35. The molecule has 0 aliphatic carbocycles. The summed E-state index contributed by atoms with van der Waals surface area (Å²) in [6.07, 6.45) is -0.0432. The van der Waals surface area contributed by atoms with E-state index in [4.69, 9.17) is 9.47 Å². The predicted molar refractivity (Wildman–Crippen MR) is 67.4 cm³/mol. The van der Waals surface area contributed by atoms with Crippen LogP contribution in [0.25, 0.3) is 0 Å². The molecule has 1 amide bonds. The molecule has 1 aromatic rings. The van der Waals surface area contributed by atoms with Crippen LogP contribution in [0.5, 0.6) is 5.75 Å². The predicted octanol–water partition coefficient (Wildman–Crippen LogP) is 2.10. The van der Waals surface area contributed by atoms with Crippen LogP contribution in [0.4, 0.5) is 0 Å². The molecule has 1 unspecified atom stereocenters. The first-order valence-electron chi connectivity index (χ1n) is 5.30. The summed E-state index contributed by atoms with van der Waals surface area (Å²) in [7, 11) is 0. The van der Waals surface area contributed by atoms with E-state index in [0.717, 1.165) is 11.5 Å². The lowest BCUT2D eigenvalue weighted by Crippen LogP contribution is -2.20. The molecule has 0 radical (unpaired) electrons. The van der Waals surface area contributed by atoms with E-state index < -0.39 is 0 Å². The van der Waals surface area contributed by atoms with E-state index in [-0.39, 0.29) is 12.0 Å². The van der Waals surface area contributed by atoms with Crippen LogP contribution in [-0.4, -0.2) is 29.6 Å². The van der Waals surface area contributed by atoms with Crippen molar-refractivity contribution in [3.63, 3.8) is 0 Å². The molecule has 5 heteroatoms. The summed E-state index contributed by atoms with van der Waals surface area (Å²) in [6.45, 7) is 1.87. The van der Waals surface area contributed by atoms with Crippen molar-refractivity contribution in [1.29, 1.82) is 0 Å². The maximum Gasteiger partial charge on any atom is 0.254 e. The third-order valence-electron chi connectivity index (χ3n) is 2.09. The minimum atomic E-state index is -0.239. The van der Waals surface area contributed by atoms with Crippen LogP contribution in [0.3, 0.4) is 0 Å². The van der Waals surface area contributed by atoms with E-state index in [1.807, 2.05) is 30.3 Å². The Morgan fingerprint density at radius 2 is 2.29 bits per heavy atom. The van der Waals surface area contributed by atoms with Gasteiger partial charge in [0.15, 0.2) is 0 Å². The summed E-state index contributed by atoms with van der Waals surface area (Å²) in [5, 5.41) is 0.444. The Morgan fingerprint density at radius 3 is 3.00 bits per heavy atom. The Morgan fingerprint density at radius 1 is 1.53 bits per heavy atom. The number of rotatable bonds is 3. The number of nitrogens with zero attached hydrogens (tertiary/aromatic N) is 1. The standard InChI is InChI=1S/C12H13NO3S/c1-9(14)13-12-16-11(8-17-12)7-15-10-5-3-2-4-6-10/h2-6,11H,7-8H2,1H3. The minimum absolute atomic E-state index is 0.0432. The number of carbonyl (C=O) groups excluding carboxylic acids is 1. The molecule has 1 aromatic carbocycles. The molecule has 90 valence electrons. The zero-order valence-electron chi connectivity index (χ0n) is 9.46. The van der Waals surface area contributed by atoms with Gasteiger partial charge < -0.3 is 9.47 Å². The van der Waals surface area contributed by atoms with Gasteiger partial charge in [-0.1, -0.05) is 30.0 Å². The van der Waals surface area contributed by atoms with Crippen LogP contribution in [0, 0.1) is 0 Å². The van der Waals surface area contributed by atoms with Crippen LogP contribution < -0.4 is 4.74 Å². The Kier molecular flexibility index (Phi) is 4.03. The van der Waals surface area contributed by atoms with Crippen LogP contribution in [0.1, 0.15) is 6.92 Å². The summed E-state index contributed by atoms with van der Waals surface area (Å²) in [6, 6.07) is 9.57. The number of para-hydroxylation sites is 1. The molecule has 0 N–H and O–H groups in total. The summed E-state index contributed by atoms with van der Waals surface area (Å²) in [5.41, 5.74) is 0. The Hall–Kier alpha value is -1.49. The second-order valence-electron chi connectivity index (χ2n) is 3.57. The molecular formula is C12H13NO3S. The summed E-state index contributed by atoms with van der Waals surface area (Å²) in [5.74, 6) is 1.34. The van der Waals surface area contributed by atoms with Crippen LogP contribution >= 0.6 is 11.8 Å². The first-order valence-corrected chi connectivity index (χ1v) is 6.29. The second-order valence-corrected chi connectivity index (χ2v) is 4.54. The summed E-state index contributed by atoms with van der Waals surface area (Å²) < 4.78 is 11.0. The average molecular weight is 251 g/mol. The van der Waals surface area contributed by atoms with Gasteiger partial charge in [-0.3, -0.25) is 4.79 Å². The average Bonchev–Trinajstić information content (AvgIpc) is 2.75. The van der Waals surface area contributed by atoms with E-state index in [9.17, 15) is 4.79 Å². The van der Waals surface area contributed by atoms with Crippen LogP contribution in [0.15, 0.2) is 35.3 Å². The van der Waals surface area contributed by atoms with Crippen molar-refractivity contribution in [3.8, 4) is 5.75 Å². The van der Waals surface area contributed by atoms with Gasteiger partial charge in [0.25, 0.3) is 5.23 Å². The smallest absolute Gasteiger partial charge is 0.254 e. The number of thioether (sulfide) groups is 1. The van der Waals surface area contributed by atoms with Crippen molar-refractivity contribution in [1.82, 2.24) is 0 Å². The van der Waals surface area contributed by atoms with Gasteiger partial charge in [0.2, 0.25) is 5.91 Å². The molecule has 0 saturated carbocycles. The minimum Gasteiger partial charge on any atom is -0.490 e. The monoisotopic (exact) mass is 251 g/mol. The number of hydrogen-bond acceptors (Lipinski definition) is 4. The van der Waals surface area contributed by atoms with Crippen LogP contribution in [-0.2, 0) is 9.53 Å². The highest BCUT2D eigenvalue weighted by Crippen LogP contribution is 2.21. The van der Waals surface area contributed by atoms with E-state index in [0.29, 0.717) is 11.8 Å². The van der Waals surface area contributed by atoms with Crippen molar-refractivity contribution in [3.05, 3.63) is 30.3 Å². The quantitative estimate of drug-likeness (QED) is 0.825. The van der Waals surface area contributed by atoms with Gasteiger partial charge in [-0.2, -0.15) is 4.99 Å². The maximum atomic E-state index is 10.8. The maximum absolute atomic E-state index is 10.8. The van der Waals surface area contributed by atoms with Crippen molar-refractivity contribution < 1.29 is 14.3 Å². The van der Waals surface area contributed by atoms with E-state index in [1.54, 1.807) is 0 Å². The van der Waals surface area contributed by atoms with E-state index in [1.165, 1.54) is 18.7 Å². The fourth-order valence-corrected chi connectivity index (χ4v) is 2.24. The van der Waals surface area contributed by atoms with E-state index >= 15 is 0 Å². The number of aliphatic imine (C=N–C) groups is 1. The lowest BCUT2D eigenvalue weighted by molar-refractivity contribution is -0.115. The third-order valence-corrected chi connectivity index (χ3v) is 3.06. The molecular weight excluding hydrogens is 238 g/mol. The van der Waals surface area contributed by atoms with Gasteiger partial charge in [-0.15, -0.1) is 0 Å². The van der Waals surface area contributed by atoms with Gasteiger partial charge in [-0.25, -0.2) is 0 Å². The molecule has 1 fully saturated rings. The highest BCUT2D eigenvalue weighted by atomic mass is 32.2. The highest BCUT2D eigenvalue weighted by molar-refractivity contribution is 8.13. The van der Waals surface area contributed by atoms with Gasteiger partial charge in [0.1, 0.15) is 18.5 Å². The first kappa shape index (κ1) is 12.0. The fraction of sp³-hybridized carbons (Fsp3) is 0.333. The van der Waals surface area contributed by atoms with Gasteiger partial charge in [-0.05, 0) is 12.1 Å². The number of hydrogen-bond donors (Lipinski definition) is 0. The Bertz CT molecular complexity index is 419. The topological polar surface area (TPSA) is 47.9 Å². The molecule has 1 aliphatic heterocycles. The lowest BCUT2D eigenvalue weighted by Gasteiger charge is -2.10. The number of carbonyl (C=O) groups is 1. The number of amides is 1. The molecule has 17 heavy (non-hydrogen) atoms. The molecule has 1 heterocycles. The molecule has 1 aliphatic rings. The molecule has 0 bridgehead atoms. The van der Waals surface area contributed by atoms with Gasteiger partial charge in [0, 0.05) is 12.7 Å². The van der Waals surface area contributed by atoms with Crippen molar-refractivity contribution in [2.45, 2.75) is 13.0 Å². The van der Waals surface area contributed by atoms with Gasteiger partial charge >= 0.3 is 0 Å². The molecule has 4 nitrogen and oxygen atoms in total. The van der Waals surface area contributed by atoms with Crippen molar-refractivity contribution in [2.75, 3.05) is 12.4 Å². The van der Waals surface area contributed by atoms with E-state index in [2.05, 4.69) is 4.99 Å². The summed E-state index contributed by atoms with van der Waals surface area (Å²) >= 11 is 1.44. The molecule has 0 spiro atoms. The largest absolute Gasteiger partial charge is 0.490 e. The molecule has 0 aromatic heterocycles. The number of benzene rings is 1. The van der Waals surface area contributed by atoms with Crippen molar-refractivity contribution >= 4 is 22.9 Å². The second kappa shape index (κ2) is 5.72. The zero-order chi connectivity index (χ0) is 12.1. The normalized spacial score (nSPS) is 21.2. The molecule has 2 rings (SSSR count). The highest BCUT2D eigenvalue weighted by Gasteiger charge is 2.23. The SMILES string of the molecule is CC(=O)N=C1OC(COc2ccccc2)CS1. The third kappa shape index (κ3) is 3.78. The van der Waals surface area contributed by atoms with Crippen molar-refractivity contribution in [2.24, 2.45) is 4.99 Å². The zero-order valence-corrected chi connectivity index (χ0v) is 10.3. The Labute approximate surface area is 104 Å². The first-order chi connectivity index (χ1) is 8.24. The lowest BCUT2D eigenvalue weighted by atomic mass is 10.3. The van der Waals surface area contributed by atoms with Crippen LogP contribution in [0.2, 0.25) is 0 Å². The molecule has 1 atom stereocenters. The number of ether oxygens (including phenoxy) is 2. The summed E-state index contributed by atoms with van der Waals surface area (Å²) in [4.78, 5) is 14.5. The molecule has 1 saturated heterocycles. The Balaban J connectivity index is 1.81.